The minimum absolute atomic E-state index is 1.03. The van der Waals surface area contributed by atoms with Gasteiger partial charge >= 0.3 is 0 Å². The number of allylic oxidation sites excluding steroid dienone is 2. The lowest BCUT2D eigenvalue weighted by molar-refractivity contribution is 0.793. The normalized spacial score (nSPS) is 11.6. The molecule has 0 heterocycles. The third kappa shape index (κ3) is 3.98. The molecule has 0 bridgehead atoms. The Hall–Kier alpha value is -0.560. The highest BCUT2D eigenvalue weighted by atomic mass is 14.8. The van der Waals surface area contributed by atoms with Crippen LogP contribution in [-0.2, 0) is 0 Å². The van der Waals surface area contributed by atoms with E-state index in [-0.39, 0.29) is 0 Å². The third-order valence-corrected chi connectivity index (χ3v) is 1.30. The van der Waals surface area contributed by atoms with Gasteiger partial charge in [0.25, 0.3) is 0 Å². The van der Waals surface area contributed by atoms with Crippen LogP contribution in [0.1, 0.15) is 13.3 Å². The first kappa shape index (κ1) is 8.44. The van der Waals surface area contributed by atoms with Crippen LogP contribution >= 0.6 is 0 Å². The number of nitrogens with one attached hydrogen (secondary N) is 1. The van der Waals surface area contributed by atoms with Crippen molar-refractivity contribution in [3.05, 3.63) is 24.3 Å². The van der Waals surface area contributed by atoms with Gasteiger partial charge < -0.3 is 5.32 Å². The van der Waals surface area contributed by atoms with Crippen LogP contribution in [0, 0.1) is 0 Å². The van der Waals surface area contributed by atoms with Gasteiger partial charge in [0.05, 0.1) is 0 Å². The lowest BCUT2D eigenvalue weighted by Gasteiger charge is -1.97. The molecule has 0 aliphatic heterocycles. The van der Waals surface area contributed by atoms with Gasteiger partial charge in [0.15, 0.2) is 0 Å². The van der Waals surface area contributed by atoms with Gasteiger partial charge in [-0.15, -0.1) is 0 Å². The quantitative estimate of drug-likeness (QED) is 0.564. The van der Waals surface area contributed by atoms with Crippen molar-refractivity contribution in [3.8, 4) is 0 Å². The van der Waals surface area contributed by atoms with E-state index in [2.05, 4.69) is 18.0 Å². The van der Waals surface area contributed by atoms with Crippen molar-refractivity contribution in [2.24, 2.45) is 0 Å². The molecule has 0 saturated carbocycles. The van der Waals surface area contributed by atoms with Crippen molar-refractivity contribution in [2.75, 3.05) is 13.6 Å². The van der Waals surface area contributed by atoms with E-state index in [1.54, 1.807) is 0 Å². The average molecular weight is 125 g/mol. The van der Waals surface area contributed by atoms with Gasteiger partial charge in [-0.3, -0.25) is 0 Å². The summed E-state index contributed by atoms with van der Waals surface area (Å²) in [6.45, 7) is 6.76. The molecule has 0 aromatic carbocycles. The molecular weight excluding hydrogens is 110 g/mol. The van der Waals surface area contributed by atoms with Gasteiger partial charge in [0, 0.05) is 0 Å². The molecule has 0 fully saturated rings. The molecule has 0 aromatic heterocycles. The highest BCUT2D eigenvalue weighted by Crippen LogP contribution is 1.99. The van der Waals surface area contributed by atoms with Gasteiger partial charge in [-0.1, -0.05) is 24.3 Å². The lowest BCUT2D eigenvalue weighted by atomic mass is 10.2. The Labute approximate surface area is 57.5 Å². The molecule has 0 rings (SSSR count). The summed E-state index contributed by atoms with van der Waals surface area (Å²) in [5.74, 6) is 0. The number of hydrogen-bond donors (Lipinski definition) is 1. The fourth-order valence-electron chi connectivity index (χ4n) is 0.634. The largest absolute Gasteiger partial charge is 0.319 e. The number of rotatable bonds is 4. The summed E-state index contributed by atoms with van der Waals surface area (Å²) in [7, 11) is 1.95. The Morgan fingerprint density at radius 1 is 1.67 bits per heavy atom. The van der Waals surface area contributed by atoms with E-state index < -0.39 is 0 Å². The van der Waals surface area contributed by atoms with Crippen LogP contribution in [0.5, 0.6) is 0 Å². The minimum atomic E-state index is 1.03. The molecule has 9 heavy (non-hydrogen) atoms. The summed E-state index contributed by atoms with van der Waals surface area (Å²) in [4.78, 5) is 0. The Morgan fingerprint density at radius 3 is 2.67 bits per heavy atom. The first-order chi connectivity index (χ1) is 4.35. The van der Waals surface area contributed by atoms with Crippen molar-refractivity contribution in [3.63, 3.8) is 0 Å². The second-order valence-electron chi connectivity index (χ2n) is 1.92. The summed E-state index contributed by atoms with van der Waals surface area (Å²) in [5.41, 5.74) is 1.31. The van der Waals surface area contributed by atoms with Crippen LogP contribution < -0.4 is 5.32 Å². The predicted molar refractivity (Wildman–Crippen MR) is 42.5 cm³/mol. The van der Waals surface area contributed by atoms with Gasteiger partial charge in [-0.25, -0.2) is 0 Å². The summed E-state index contributed by atoms with van der Waals surface area (Å²) >= 11 is 0. The highest BCUT2D eigenvalue weighted by molar-refractivity contribution is 5.14. The van der Waals surface area contributed by atoms with E-state index in [1.165, 1.54) is 5.57 Å². The van der Waals surface area contributed by atoms with Gasteiger partial charge in [-0.05, 0) is 26.9 Å². The zero-order valence-electron chi connectivity index (χ0n) is 6.28. The Bertz CT molecular complexity index is 103. The standard InChI is InChI=1S/C8H15N/c1-4-8(5-2)6-7-9-3/h4-5,9H,1,6-7H2,2-3H3/b8-5+. The van der Waals surface area contributed by atoms with Gasteiger partial charge in [-0.2, -0.15) is 0 Å². The van der Waals surface area contributed by atoms with Crippen molar-refractivity contribution in [1.29, 1.82) is 0 Å². The first-order valence-electron chi connectivity index (χ1n) is 3.27. The highest BCUT2D eigenvalue weighted by Gasteiger charge is 1.85. The predicted octanol–water partition coefficient (Wildman–Crippen LogP) is 1.73. The second kappa shape index (κ2) is 5.57. The molecule has 0 amide bonds. The van der Waals surface area contributed by atoms with Crippen LogP contribution in [0.15, 0.2) is 24.3 Å². The zero-order chi connectivity index (χ0) is 7.11. The van der Waals surface area contributed by atoms with E-state index in [9.17, 15) is 0 Å². The third-order valence-electron chi connectivity index (χ3n) is 1.30. The molecule has 0 aliphatic rings. The summed E-state index contributed by atoms with van der Waals surface area (Å²) in [6, 6.07) is 0. The molecule has 52 valence electrons. The van der Waals surface area contributed by atoms with Gasteiger partial charge in [0.2, 0.25) is 0 Å². The van der Waals surface area contributed by atoms with Crippen molar-refractivity contribution >= 4 is 0 Å². The van der Waals surface area contributed by atoms with E-state index in [4.69, 9.17) is 0 Å². The monoisotopic (exact) mass is 125 g/mol. The maximum Gasteiger partial charge on any atom is -0.00115 e. The number of hydrogen-bond acceptors (Lipinski definition) is 1. The van der Waals surface area contributed by atoms with Crippen molar-refractivity contribution in [1.82, 2.24) is 5.32 Å². The van der Waals surface area contributed by atoms with Crippen LogP contribution in [0.3, 0.4) is 0 Å². The molecule has 1 N–H and O–H groups in total. The molecule has 0 spiro atoms. The molecular formula is C8H15N. The van der Waals surface area contributed by atoms with Crippen LogP contribution in [-0.4, -0.2) is 13.6 Å². The van der Waals surface area contributed by atoms with Crippen LogP contribution in [0.4, 0.5) is 0 Å². The SMILES string of the molecule is C=C/C(=C\C)CCNC. The summed E-state index contributed by atoms with van der Waals surface area (Å²) in [5, 5.41) is 3.08. The average Bonchev–Trinajstić information content (AvgIpc) is 1.91. The molecule has 0 aliphatic carbocycles. The van der Waals surface area contributed by atoms with E-state index >= 15 is 0 Å². The molecule has 1 heteroatoms. The van der Waals surface area contributed by atoms with Crippen LogP contribution in [0.2, 0.25) is 0 Å². The molecule has 1 nitrogen and oxygen atoms in total. The molecule has 0 unspecified atom stereocenters. The first-order valence-corrected chi connectivity index (χ1v) is 3.27. The van der Waals surface area contributed by atoms with Crippen LogP contribution in [0.25, 0.3) is 0 Å². The molecule has 0 radical (unpaired) electrons. The lowest BCUT2D eigenvalue weighted by Crippen LogP contribution is -2.07. The summed E-state index contributed by atoms with van der Waals surface area (Å²) < 4.78 is 0. The minimum Gasteiger partial charge on any atom is -0.319 e. The topological polar surface area (TPSA) is 12.0 Å². The Balaban J connectivity index is 3.45. The van der Waals surface area contributed by atoms with Crippen molar-refractivity contribution < 1.29 is 0 Å². The fraction of sp³-hybridized carbons (Fsp3) is 0.500. The molecule has 0 saturated heterocycles. The maximum absolute atomic E-state index is 3.69. The maximum atomic E-state index is 3.69. The Kier molecular flexibility index (Phi) is 5.23. The molecule has 0 atom stereocenters. The summed E-state index contributed by atoms with van der Waals surface area (Å²) in [6.07, 6.45) is 5.07. The second-order valence-corrected chi connectivity index (χ2v) is 1.92. The van der Waals surface area contributed by atoms with E-state index in [0.29, 0.717) is 0 Å². The van der Waals surface area contributed by atoms with Gasteiger partial charge in [0.1, 0.15) is 0 Å². The zero-order valence-corrected chi connectivity index (χ0v) is 6.28. The van der Waals surface area contributed by atoms with E-state index in [1.807, 2.05) is 20.0 Å². The fourth-order valence-corrected chi connectivity index (χ4v) is 0.634. The van der Waals surface area contributed by atoms with E-state index in [0.717, 1.165) is 13.0 Å². The smallest absolute Gasteiger partial charge is 0.00115 e. The molecule has 0 aromatic rings. The van der Waals surface area contributed by atoms with Crippen molar-refractivity contribution in [2.45, 2.75) is 13.3 Å². The Morgan fingerprint density at radius 2 is 2.33 bits per heavy atom.